The van der Waals surface area contributed by atoms with E-state index in [9.17, 15) is 71.0 Å². The molecule has 0 radical (unpaired) electrons. The molecule has 20 heteroatoms. The minimum absolute atomic E-state index is 0.267. The van der Waals surface area contributed by atoms with Gasteiger partial charge >= 0.3 is 24.6 Å². The molecule has 7 nitrogen and oxygen atoms in total. The largest absolute Gasteiger partial charge is 0.430 e. The van der Waals surface area contributed by atoms with Crippen LogP contribution in [0, 0.1) is 17.5 Å². The Bertz CT molecular complexity index is 1890. The van der Waals surface area contributed by atoms with Crippen LogP contribution in [0.5, 0.6) is 0 Å². The van der Waals surface area contributed by atoms with Gasteiger partial charge in [0.2, 0.25) is 0 Å². The SMILES string of the molecule is O=C(N1CCC(O)(C(F)(F)F)CC1)N1CCC(c2ccc(C(OCc3c(F)cccc3F)(C(F)(F)F)C(F)(F)F)cc2)(S(=O)(=O)c2ccc(F)cc2)C1. The second-order valence-corrected chi connectivity index (χ2v) is 14.9. The van der Waals surface area contributed by atoms with E-state index >= 15 is 0 Å². The number of sulfone groups is 1. The molecule has 3 aromatic rings. The molecule has 5 rings (SSSR count). The number of nitrogens with zero attached hydrogens (tertiary/aromatic N) is 2. The lowest BCUT2D eigenvalue weighted by Gasteiger charge is -2.40. The molecule has 0 aliphatic carbocycles. The zero-order chi connectivity index (χ0) is 39.4. The normalized spacial score (nSPS) is 20.2. The van der Waals surface area contributed by atoms with E-state index in [0.29, 0.717) is 24.3 Å². The number of rotatable bonds is 7. The number of alkyl halides is 9. The van der Waals surface area contributed by atoms with Gasteiger partial charge in [0.1, 0.15) is 22.2 Å². The number of hydrogen-bond acceptors (Lipinski definition) is 5. The first-order chi connectivity index (χ1) is 24.4. The van der Waals surface area contributed by atoms with Crippen molar-refractivity contribution in [2.45, 2.75) is 65.2 Å². The molecule has 0 aromatic heterocycles. The van der Waals surface area contributed by atoms with Crippen molar-refractivity contribution < 1.29 is 75.7 Å². The van der Waals surface area contributed by atoms with Gasteiger partial charge in [-0.3, -0.25) is 0 Å². The van der Waals surface area contributed by atoms with Crippen LogP contribution in [0.1, 0.15) is 36.0 Å². The Kier molecular flexibility index (Phi) is 10.4. The summed E-state index contributed by atoms with van der Waals surface area (Å²) < 4.78 is 200. The Labute approximate surface area is 293 Å². The molecule has 1 unspecified atom stereocenters. The highest BCUT2D eigenvalue weighted by Gasteiger charge is 2.73. The zero-order valence-corrected chi connectivity index (χ0v) is 27.7. The highest BCUT2D eigenvalue weighted by atomic mass is 32.2. The van der Waals surface area contributed by atoms with Crippen LogP contribution in [0.2, 0.25) is 0 Å². The summed E-state index contributed by atoms with van der Waals surface area (Å²) in [5.41, 5.74) is -11.6. The molecule has 1 N–H and O–H groups in total. The summed E-state index contributed by atoms with van der Waals surface area (Å²) in [4.78, 5) is 14.8. The maximum absolute atomic E-state index is 14.5. The molecule has 290 valence electrons. The molecule has 2 aliphatic rings. The first-order valence-corrected chi connectivity index (χ1v) is 17.0. The van der Waals surface area contributed by atoms with Crippen molar-refractivity contribution in [1.29, 1.82) is 0 Å². The average molecular weight is 793 g/mol. The summed E-state index contributed by atoms with van der Waals surface area (Å²) >= 11 is 0. The fourth-order valence-electron chi connectivity index (χ4n) is 6.54. The second kappa shape index (κ2) is 13.7. The van der Waals surface area contributed by atoms with Gasteiger partial charge in [0, 0.05) is 50.1 Å². The number of amides is 2. The molecular weight excluding hydrogens is 764 g/mol. The topological polar surface area (TPSA) is 87.2 Å². The molecule has 0 saturated carbocycles. The van der Waals surface area contributed by atoms with Gasteiger partial charge in [0.15, 0.2) is 15.4 Å². The number of carbonyl (C=O) groups is 1. The van der Waals surface area contributed by atoms with Gasteiger partial charge in [-0.2, -0.15) is 39.5 Å². The number of aliphatic hydroxyl groups is 1. The summed E-state index contributed by atoms with van der Waals surface area (Å²) in [6.07, 6.45) is -19.9. The number of piperidine rings is 1. The molecule has 1 atom stereocenters. The molecule has 2 heterocycles. The number of halogens is 12. The van der Waals surface area contributed by atoms with Crippen molar-refractivity contribution >= 4 is 15.9 Å². The van der Waals surface area contributed by atoms with Crippen molar-refractivity contribution in [1.82, 2.24) is 9.80 Å². The predicted molar refractivity (Wildman–Crippen MR) is 160 cm³/mol. The number of ether oxygens (including phenoxy) is 1. The molecular formula is C33H28F12N2O5S. The van der Waals surface area contributed by atoms with Crippen molar-refractivity contribution in [2.24, 2.45) is 0 Å². The van der Waals surface area contributed by atoms with Crippen LogP contribution in [0.3, 0.4) is 0 Å². The summed E-state index contributed by atoms with van der Waals surface area (Å²) in [7, 11) is -4.79. The van der Waals surface area contributed by atoms with E-state index in [0.717, 1.165) is 40.1 Å². The Morgan fingerprint density at radius 2 is 1.25 bits per heavy atom. The van der Waals surface area contributed by atoms with Crippen molar-refractivity contribution in [2.75, 3.05) is 26.2 Å². The number of likely N-dealkylation sites (tertiary alicyclic amines) is 2. The second-order valence-electron chi connectivity index (χ2n) is 12.7. The minimum atomic E-state index is -6.31. The number of carbonyl (C=O) groups excluding carboxylic acids is 1. The lowest BCUT2D eigenvalue weighted by Crippen LogP contribution is -2.56. The van der Waals surface area contributed by atoms with Crippen molar-refractivity contribution in [3.05, 3.63) is 101 Å². The predicted octanol–water partition coefficient (Wildman–Crippen LogP) is 7.52. The van der Waals surface area contributed by atoms with Crippen molar-refractivity contribution in [3.63, 3.8) is 0 Å². The first kappa shape index (κ1) is 40.2. The third-order valence-corrected chi connectivity index (χ3v) is 12.1. The smallest absolute Gasteiger partial charge is 0.380 e. The third-order valence-electron chi connectivity index (χ3n) is 9.64. The van der Waals surface area contributed by atoms with E-state index < -0.39 is 141 Å². The molecule has 2 fully saturated rings. The molecule has 2 amide bonds. The van der Waals surface area contributed by atoms with Gasteiger partial charge in [0.25, 0.3) is 5.60 Å². The van der Waals surface area contributed by atoms with Crippen LogP contribution in [-0.2, 0) is 31.5 Å². The van der Waals surface area contributed by atoms with Crippen molar-refractivity contribution in [3.8, 4) is 0 Å². The van der Waals surface area contributed by atoms with Gasteiger partial charge in [0.05, 0.1) is 11.5 Å². The highest BCUT2D eigenvalue weighted by Crippen LogP contribution is 2.54. The van der Waals surface area contributed by atoms with Gasteiger partial charge in [-0.1, -0.05) is 30.3 Å². The quantitative estimate of drug-likeness (QED) is 0.198. The summed E-state index contributed by atoms with van der Waals surface area (Å²) in [6, 6.07) is 6.05. The fourth-order valence-corrected chi connectivity index (χ4v) is 8.62. The van der Waals surface area contributed by atoms with Crippen LogP contribution in [0.4, 0.5) is 57.5 Å². The maximum Gasteiger partial charge on any atom is 0.430 e. The average Bonchev–Trinajstić information content (AvgIpc) is 3.52. The van der Waals surface area contributed by atoms with E-state index in [-0.39, 0.29) is 12.1 Å². The maximum atomic E-state index is 14.5. The lowest BCUT2D eigenvalue weighted by molar-refractivity contribution is -0.392. The molecule has 3 aromatic carbocycles. The van der Waals surface area contributed by atoms with Gasteiger partial charge in [-0.15, -0.1) is 0 Å². The van der Waals surface area contributed by atoms with Crippen LogP contribution in [0.15, 0.2) is 71.6 Å². The summed E-state index contributed by atoms with van der Waals surface area (Å²) in [5.74, 6) is -3.85. The lowest BCUT2D eigenvalue weighted by atomic mass is 9.88. The monoisotopic (exact) mass is 792 g/mol. The van der Waals surface area contributed by atoms with E-state index in [1.807, 2.05) is 0 Å². The summed E-state index contributed by atoms with van der Waals surface area (Å²) in [6.45, 7) is -4.22. The van der Waals surface area contributed by atoms with E-state index in [2.05, 4.69) is 4.74 Å². The Morgan fingerprint density at radius 3 is 1.74 bits per heavy atom. The Balaban J connectivity index is 1.55. The van der Waals surface area contributed by atoms with Gasteiger partial charge in [-0.25, -0.2) is 26.4 Å². The molecule has 0 spiro atoms. The van der Waals surface area contributed by atoms with Crippen LogP contribution >= 0.6 is 0 Å². The van der Waals surface area contributed by atoms with Crippen LogP contribution in [-0.4, -0.2) is 79.7 Å². The molecule has 2 saturated heterocycles. The number of benzene rings is 3. The minimum Gasteiger partial charge on any atom is -0.380 e. The Hall–Kier alpha value is -4.04. The summed E-state index contributed by atoms with van der Waals surface area (Å²) in [5, 5.41) is 9.99. The first-order valence-electron chi connectivity index (χ1n) is 15.5. The van der Waals surface area contributed by atoms with Gasteiger partial charge < -0.3 is 19.6 Å². The third kappa shape index (κ3) is 6.92. The molecule has 53 heavy (non-hydrogen) atoms. The van der Waals surface area contributed by atoms with E-state index in [1.165, 1.54) is 0 Å². The zero-order valence-electron chi connectivity index (χ0n) is 26.9. The van der Waals surface area contributed by atoms with E-state index in [1.54, 1.807) is 0 Å². The fraction of sp³-hybridized carbons (Fsp3) is 0.424. The molecule has 2 aliphatic heterocycles. The van der Waals surface area contributed by atoms with Crippen LogP contribution in [0.25, 0.3) is 0 Å². The number of urea groups is 1. The molecule has 0 bridgehead atoms. The van der Waals surface area contributed by atoms with Gasteiger partial charge in [-0.05, 0) is 48.4 Å². The highest BCUT2D eigenvalue weighted by molar-refractivity contribution is 7.92. The van der Waals surface area contributed by atoms with Crippen LogP contribution < -0.4 is 0 Å². The van der Waals surface area contributed by atoms with E-state index in [4.69, 9.17) is 0 Å². The Morgan fingerprint density at radius 1 is 0.736 bits per heavy atom. The standard InChI is InChI=1S/C33H28F12N2O5S/c34-22-8-10-23(11-9-22)53(50,51)28(12-15-47(19-28)27(48)46-16-13-29(49,14-17-46)31(37,38)39)20-4-6-21(7-5-20)30(32(40,41)42,33(43,44)45)52-18-24-25(35)2-1-3-26(24)36/h1-11,49H,12-19H2. The number of hydrogen-bond donors (Lipinski definition) is 1.